The van der Waals surface area contributed by atoms with Crippen LogP contribution in [0.1, 0.15) is 12.0 Å². The molecule has 2 N–H and O–H groups in total. The van der Waals surface area contributed by atoms with E-state index in [-0.39, 0.29) is 12.4 Å². The molecule has 0 spiro atoms. The maximum atomic E-state index is 13.0. The average molecular weight is 227 g/mol. The molecule has 0 aromatic heterocycles. The smallest absolute Gasteiger partial charge is 0.123 e. The molecule has 0 radical (unpaired) electrons. The lowest BCUT2D eigenvalue weighted by Crippen LogP contribution is -2.19. The monoisotopic (exact) mass is 227 g/mol. The van der Waals surface area contributed by atoms with Gasteiger partial charge in [-0.3, -0.25) is 0 Å². The second-order valence-electron chi connectivity index (χ2n) is 3.53. The standard InChI is InChI=1S/C12H18FNO2/c1-16-12-4-3-11(13)9-10(12)5-7-14-6-2-8-15/h3-4,9,14-15H,2,5-8H2,1H3. The van der Waals surface area contributed by atoms with Crippen molar-refractivity contribution in [2.45, 2.75) is 12.8 Å². The highest BCUT2D eigenvalue weighted by Gasteiger charge is 2.03. The normalized spacial score (nSPS) is 10.4. The number of hydrogen-bond acceptors (Lipinski definition) is 3. The molecule has 90 valence electrons. The van der Waals surface area contributed by atoms with Gasteiger partial charge in [0.2, 0.25) is 0 Å². The van der Waals surface area contributed by atoms with Crippen LogP contribution in [0.3, 0.4) is 0 Å². The zero-order valence-electron chi connectivity index (χ0n) is 9.50. The summed E-state index contributed by atoms with van der Waals surface area (Å²) in [5.74, 6) is 0.469. The molecule has 0 amide bonds. The first kappa shape index (κ1) is 12.9. The first-order valence-electron chi connectivity index (χ1n) is 5.42. The van der Waals surface area contributed by atoms with Gasteiger partial charge >= 0.3 is 0 Å². The van der Waals surface area contributed by atoms with Crippen LogP contribution in [0.5, 0.6) is 5.75 Å². The quantitative estimate of drug-likeness (QED) is 0.691. The van der Waals surface area contributed by atoms with Crippen molar-refractivity contribution in [3.63, 3.8) is 0 Å². The van der Waals surface area contributed by atoms with Crippen molar-refractivity contribution in [1.82, 2.24) is 5.32 Å². The predicted molar refractivity (Wildman–Crippen MR) is 61.2 cm³/mol. The summed E-state index contributed by atoms with van der Waals surface area (Å²) in [5.41, 5.74) is 0.860. The fraction of sp³-hybridized carbons (Fsp3) is 0.500. The lowest BCUT2D eigenvalue weighted by atomic mass is 10.1. The Balaban J connectivity index is 2.42. The van der Waals surface area contributed by atoms with Gasteiger partial charge in [-0.15, -0.1) is 0 Å². The van der Waals surface area contributed by atoms with Gasteiger partial charge in [-0.05, 0) is 49.7 Å². The molecule has 0 heterocycles. The molecule has 1 aromatic carbocycles. The van der Waals surface area contributed by atoms with E-state index in [1.807, 2.05) is 0 Å². The SMILES string of the molecule is COc1ccc(F)cc1CCNCCCO. The average Bonchev–Trinajstić information content (AvgIpc) is 2.29. The van der Waals surface area contributed by atoms with E-state index in [2.05, 4.69) is 5.32 Å². The Labute approximate surface area is 95.2 Å². The molecule has 0 atom stereocenters. The summed E-state index contributed by atoms with van der Waals surface area (Å²) in [7, 11) is 1.58. The van der Waals surface area contributed by atoms with Crippen LogP contribution >= 0.6 is 0 Å². The van der Waals surface area contributed by atoms with Crippen LogP contribution < -0.4 is 10.1 Å². The largest absolute Gasteiger partial charge is 0.496 e. The number of hydrogen-bond donors (Lipinski definition) is 2. The third kappa shape index (κ3) is 4.16. The van der Waals surface area contributed by atoms with Crippen molar-refractivity contribution in [1.29, 1.82) is 0 Å². The molecule has 0 aliphatic rings. The van der Waals surface area contributed by atoms with E-state index in [1.165, 1.54) is 12.1 Å². The van der Waals surface area contributed by atoms with Crippen molar-refractivity contribution < 1.29 is 14.2 Å². The van der Waals surface area contributed by atoms with Gasteiger partial charge in [0.25, 0.3) is 0 Å². The van der Waals surface area contributed by atoms with E-state index in [1.54, 1.807) is 13.2 Å². The van der Waals surface area contributed by atoms with E-state index in [4.69, 9.17) is 9.84 Å². The Kier molecular flexibility index (Phi) is 5.82. The zero-order valence-corrected chi connectivity index (χ0v) is 9.50. The van der Waals surface area contributed by atoms with E-state index < -0.39 is 0 Å². The molecule has 4 heteroatoms. The van der Waals surface area contributed by atoms with Crippen molar-refractivity contribution in [3.05, 3.63) is 29.6 Å². The fourth-order valence-corrected chi connectivity index (χ4v) is 1.49. The molecule has 16 heavy (non-hydrogen) atoms. The summed E-state index contributed by atoms with van der Waals surface area (Å²) in [6.07, 6.45) is 1.45. The number of aliphatic hydroxyl groups is 1. The summed E-state index contributed by atoms with van der Waals surface area (Å²) in [6, 6.07) is 4.52. The van der Waals surface area contributed by atoms with E-state index in [0.29, 0.717) is 12.2 Å². The third-order valence-electron chi connectivity index (χ3n) is 2.33. The molecule has 0 aliphatic heterocycles. The second-order valence-corrected chi connectivity index (χ2v) is 3.53. The van der Waals surface area contributed by atoms with Crippen molar-refractivity contribution in [2.24, 2.45) is 0 Å². The summed E-state index contributed by atoms with van der Waals surface area (Å²) < 4.78 is 18.1. The Morgan fingerprint density at radius 1 is 1.38 bits per heavy atom. The maximum Gasteiger partial charge on any atom is 0.123 e. The number of rotatable bonds is 7. The molecule has 1 aromatic rings. The molecule has 3 nitrogen and oxygen atoms in total. The molecule has 0 saturated carbocycles. The number of aliphatic hydroxyl groups excluding tert-OH is 1. The van der Waals surface area contributed by atoms with Gasteiger partial charge in [0, 0.05) is 6.61 Å². The predicted octanol–water partition coefficient (Wildman–Crippen LogP) is 1.35. The third-order valence-corrected chi connectivity index (χ3v) is 2.33. The van der Waals surface area contributed by atoms with Crippen LogP contribution in [0.2, 0.25) is 0 Å². The second kappa shape index (κ2) is 7.19. The summed E-state index contributed by atoms with van der Waals surface area (Å²) in [6.45, 7) is 1.71. The molecule has 0 bridgehead atoms. The minimum absolute atomic E-state index is 0.191. The maximum absolute atomic E-state index is 13.0. The molecule has 0 saturated heterocycles. The van der Waals surface area contributed by atoms with Gasteiger partial charge in [-0.2, -0.15) is 0 Å². The zero-order chi connectivity index (χ0) is 11.8. The van der Waals surface area contributed by atoms with Crippen molar-refractivity contribution in [3.8, 4) is 5.75 Å². The Hall–Kier alpha value is -1.13. The highest BCUT2D eigenvalue weighted by Crippen LogP contribution is 2.19. The van der Waals surface area contributed by atoms with E-state index in [0.717, 1.165) is 25.1 Å². The molecular weight excluding hydrogens is 209 g/mol. The molecular formula is C12H18FNO2. The first-order valence-corrected chi connectivity index (χ1v) is 5.42. The van der Waals surface area contributed by atoms with Gasteiger partial charge in [0.1, 0.15) is 11.6 Å². The number of ether oxygens (including phenoxy) is 1. The van der Waals surface area contributed by atoms with Gasteiger partial charge in [0.05, 0.1) is 7.11 Å². The van der Waals surface area contributed by atoms with Crippen molar-refractivity contribution in [2.75, 3.05) is 26.8 Å². The number of benzene rings is 1. The summed E-state index contributed by atoms with van der Waals surface area (Å²) in [4.78, 5) is 0. The minimum atomic E-state index is -0.244. The van der Waals surface area contributed by atoms with Gasteiger partial charge in [-0.25, -0.2) is 4.39 Å². The number of halogens is 1. The van der Waals surface area contributed by atoms with E-state index >= 15 is 0 Å². The lowest BCUT2D eigenvalue weighted by Gasteiger charge is -2.09. The number of methoxy groups -OCH3 is 1. The van der Waals surface area contributed by atoms with Gasteiger partial charge in [-0.1, -0.05) is 0 Å². The first-order chi connectivity index (χ1) is 7.77. The lowest BCUT2D eigenvalue weighted by molar-refractivity contribution is 0.286. The summed E-state index contributed by atoms with van der Waals surface area (Å²) >= 11 is 0. The fourth-order valence-electron chi connectivity index (χ4n) is 1.49. The Morgan fingerprint density at radius 2 is 2.19 bits per heavy atom. The molecule has 0 aliphatic carbocycles. The van der Waals surface area contributed by atoms with Crippen LogP contribution in [0, 0.1) is 5.82 Å². The van der Waals surface area contributed by atoms with E-state index in [9.17, 15) is 4.39 Å². The van der Waals surface area contributed by atoms with Crippen LogP contribution in [-0.2, 0) is 6.42 Å². The molecule has 1 rings (SSSR count). The topological polar surface area (TPSA) is 41.5 Å². The highest BCUT2D eigenvalue weighted by molar-refractivity contribution is 5.34. The minimum Gasteiger partial charge on any atom is -0.496 e. The van der Waals surface area contributed by atoms with Crippen LogP contribution in [0.25, 0.3) is 0 Å². The molecule has 0 unspecified atom stereocenters. The highest BCUT2D eigenvalue weighted by atomic mass is 19.1. The summed E-state index contributed by atoms with van der Waals surface area (Å²) in [5, 5.41) is 11.8. The van der Waals surface area contributed by atoms with Crippen LogP contribution in [-0.4, -0.2) is 31.9 Å². The molecule has 0 fully saturated rings. The van der Waals surface area contributed by atoms with Gasteiger partial charge in [0.15, 0.2) is 0 Å². The Morgan fingerprint density at radius 3 is 2.88 bits per heavy atom. The van der Waals surface area contributed by atoms with Crippen LogP contribution in [0.15, 0.2) is 18.2 Å². The van der Waals surface area contributed by atoms with Crippen molar-refractivity contribution >= 4 is 0 Å². The number of nitrogens with one attached hydrogen (secondary N) is 1. The Bertz CT molecular complexity index is 318. The van der Waals surface area contributed by atoms with Crippen LogP contribution in [0.4, 0.5) is 4.39 Å². The van der Waals surface area contributed by atoms with Gasteiger partial charge < -0.3 is 15.2 Å².